The number of amides is 3. The largest absolute Gasteiger partial charge is 0.357 e. The molecule has 1 aliphatic carbocycles. The molecule has 8 nitrogen and oxygen atoms in total. The molecule has 194 valence electrons. The number of benzene rings is 2. The predicted molar refractivity (Wildman–Crippen MR) is 141 cm³/mol. The fraction of sp³-hybridized carbons (Fsp3) is 0.448. The molecule has 3 aromatic rings. The molecular weight excluding hydrogens is 466 g/mol. The van der Waals surface area contributed by atoms with Crippen LogP contribution in [0.1, 0.15) is 49.4 Å². The molecule has 8 heteroatoms. The quantitative estimate of drug-likeness (QED) is 0.520. The molecule has 3 atom stereocenters. The molecule has 0 saturated carbocycles. The molecule has 1 fully saturated rings. The summed E-state index contributed by atoms with van der Waals surface area (Å²) < 4.78 is 1.77. The second-order valence-electron chi connectivity index (χ2n) is 10.3. The van der Waals surface area contributed by atoms with E-state index in [4.69, 9.17) is 0 Å². The zero-order valence-electron chi connectivity index (χ0n) is 21.9. The first-order chi connectivity index (χ1) is 17.9. The Morgan fingerprint density at radius 1 is 1.11 bits per heavy atom. The summed E-state index contributed by atoms with van der Waals surface area (Å²) >= 11 is 0. The number of hydrogen-bond acceptors (Lipinski definition) is 4. The van der Waals surface area contributed by atoms with Gasteiger partial charge in [0.2, 0.25) is 17.7 Å². The van der Waals surface area contributed by atoms with Gasteiger partial charge in [-0.3, -0.25) is 19.1 Å². The highest BCUT2D eigenvalue weighted by molar-refractivity contribution is 6.00. The molecule has 2 N–H and O–H groups in total. The van der Waals surface area contributed by atoms with Crippen LogP contribution in [0.4, 0.5) is 0 Å². The maximum Gasteiger partial charge on any atom is 0.247 e. The van der Waals surface area contributed by atoms with Crippen molar-refractivity contribution in [3.05, 3.63) is 65.4 Å². The summed E-state index contributed by atoms with van der Waals surface area (Å²) in [5, 5.41) is 11.1. The van der Waals surface area contributed by atoms with Gasteiger partial charge in [0.1, 0.15) is 18.1 Å². The van der Waals surface area contributed by atoms with Crippen molar-refractivity contribution in [1.82, 2.24) is 25.3 Å². The van der Waals surface area contributed by atoms with E-state index in [-0.39, 0.29) is 29.6 Å². The van der Waals surface area contributed by atoms with Gasteiger partial charge in [0, 0.05) is 19.5 Å². The number of rotatable bonds is 7. The first-order valence-corrected chi connectivity index (χ1v) is 13.2. The highest BCUT2D eigenvalue weighted by atomic mass is 16.2. The first kappa shape index (κ1) is 25.0. The van der Waals surface area contributed by atoms with Gasteiger partial charge in [0.25, 0.3) is 0 Å². The van der Waals surface area contributed by atoms with E-state index < -0.39 is 18.1 Å². The number of piperazine rings is 1. The lowest BCUT2D eigenvalue weighted by Crippen LogP contribution is -2.68. The molecule has 0 spiro atoms. The third kappa shape index (κ3) is 4.28. The summed E-state index contributed by atoms with van der Waals surface area (Å²) in [7, 11) is 3.44. The van der Waals surface area contributed by atoms with E-state index in [0.29, 0.717) is 5.56 Å². The van der Waals surface area contributed by atoms with Crippen molar-refractivity contribution < 1.29 is 14.4 Å². The average Bonchev–Trinajstić information content (AvgIpc) is 3.51. The van der Waals surface area contributed by atoms with Gasteiger partial charge in [-0.15, -0.1) is 0 Å². The van der Waals surface area contributed by atoms with E-state index in [1.807, 2.05) is 51.2 Å². The number of aromatic nitrogens is 2. The number of likely N-dealkylation sites (N-methyl/N-ethyl adjacent to an activating group) is 1. The van der Waals surface area contributed by atoms with Crippen LogP contribution in [0.5, 0.6) is 0 Å². The summed E-state index contributed by atoms with van der Waals surface area (Å²) in [6, 6.07) is 11.6. The third-order valence-electron chi connectivity index (χ3n) is 8.29. The monoisotopic (exact) mass is 501 g/mol. The van der Waals surface area contributed by atoms with Crippen molar-refractivity contribution in [2.75, 3.05) is 7.05 Å². The fourth-order valence-electron chi connectivity index (χ4n) is 6.26. The molecule has 0 unspecified atom stereocenters. The van der Waals surface area contributed by atoms with Gasteiger partial charge in [0.05, 0.1) is 11.7 Å². The van der Waals surface area contributed by atoms with Crippen molar-refractivity contribution in [3.63, 3.8) is 0 Å². The number of fused-ring (bicyclic) bond motifs is 2. The fourth-order valence-corrected chi connectivity index (χ4v) is 6.26. The SMILES string of the molecule is CCC(CC)[C@@H]1C(=O)N[C@H](C2Cc3ccccc3C2)C(=O)N1[C@@H](C(=O)NC)c1ccc2c(cnn2C)c1. The van der Waals surface area contributed by atoms with Crippen molar-refractivity contribution in [2.45, 2.75) is 57.7 Å². The lowest BCUT2D eigenvalue weighted by Gasteiger charge is -2.46. The Morgan fingerprint density at radius 2 is 1.78 bits per heavy atom. The topological polar surface area (TPSA) is 96.3 Å². The molecule has 0 bridgehead atoms. The Labute approximate surface area is 217 Å². The Kier molecular flexibility index (Phi) is 6.75. The van der Waals surface area contributed by atoms with Crippen LogP contribution in [0, 0.1) is 11.8 Å². The maximum atomic E-state index is 14.4. The Bertz CT molecular complexity index is 1320. The molecule has 1 aromatic heterocycles. The average molecular weight is 502 g/mol. The summed E-state index contributed by atoms with van der Waals surface area (Å²) in [5.74, 6) is -0.791. The molecule has 2 aromatic carbocycles. The summed E-state index contributed by atoms with van der Waals surface area (Å²) in [6.45, 7) is 4.06. The van der Waals surface area contributed by atoms with Gasteiger partial charge in [0.15, 0.2) is 0 Å². The van der Waals surface area contributed by atoms with Crippen LogP contribution in [0.15, 0.2) is 48.7 Å². The molecular formula is C29H35N5O3. The van der Waals surface area contributed by atoms with E-state index in [2.05, 4.69) is 27.9 Å². The molecule has 3 amide bonds. The van der Waals surface area contributed by atoms with Gasteiger partial charge in [-0.25, -0.2) is 0 Å². The van der Waals surface area contributed by atoms with Crippen LogP contribution in [0.2, 0.25) is 0 Å². The van der Waals surface area contributed by atoms with Crippen molar-refractivity contribution in [3.8, 4) is 0 Å². The molecule has 0 radical (unpaired) electrons. The van der Waals surface area contributed by atoms with Crippen LogP contribution >= 0.6 is 0 Å². The molecule has 1 saturated heterocycles. The Morgan fingerprint density at radius 3 is 2.41 bits per heavy atom. The van der Waals surface area contributed by atoms with E-state index in [9.17, 15) is 14.4 Å². The zero-order chi connectivity index (χ0) is 26.3. The summed E-state index contributed by atoms with van der Waals surface area (Å²) in [6.07, 6.45) is 4.65. The number of aryl methyl sites for hydroxylation is 1. The second kappa shape index (κ2) is 10.00. The standard InChI is InChI=1S/C29H35N5O3/c1-5-17(6-2)25-28(36)32-24(21-13-18-9-7-8-10-19(18)14-21)29(37)34(25)26(27(35)30-3)20-11-12-23-22(15-20)16-31-33(23)4/h7-12,15-17,21,24-26H,5-6,13-14H2,1-4H3,(H,30,35)(H,32,36)/t24-,25-,26-/m1/s1. The van der Waals surface area contributed by atoms with Gasteiger partial charge in [-0.05, 0) is 53.5 Å². The van der Waals surface area contributed by atoms with E-state index >= 15 is 0 Å². The molecule has 5 rings (SSSR count). The third-order valence-corrected chi connectivity index (χ3v) is 8.29. The van der Waals surface area contributed by atoms with Crippen LogP contribution in [-0.4, -0.2) is 51.5 Å². The second-order valence-corrected chi connectivity index (χ2v) is 10.3. The van der Waals surface area contributed by atoms with E-state index in [1.54, 1.807) is 22.8 Å². The highest BCUT2D eigenvalue weighted by Gasteiger charge is 2.51. The lowest BCUT2D eigenvalue weighted by molar-refractivity contribution is -0.159. The van der Waals surface area contributed by atoms with Gasteiger partial charge < -0.3 is 15.5 Å². The van der Waals surface area contributed by atoms with Crippen molar-refractivity contribution >= 4 is 28.6 Å². The number of nitrogens with zero attached hydrogens (tertiary/aromatic N) is 3. The minimum Gasteiger partial charge on any atom is -0.357 e. The summed E-state index contributed by atoms with van der Waals surface area (Å²) in [5.41, 5.74) is 4.04. The van der Waals surface area contributed by atoms with E-state index in [0.717, 1.165) is 36.6 Å². The lowest BCUT2D eigenvalue weighted by atomic mass is 9.84. The number of carbonyl (C=O) groups is 3. The number of carbonyl (C=O) groups excluding carboxylic acids is 3. The zero-order valence-corrected chi connectivity index (χ0v) is 21.9. The minimum absolute atomic E-state index is 0.0508. The van der Waals surface area contributed by atoms with Crippen LogP contribution in [0.25, 0.3) is 10.9 Å². The number of hydrogen-bond donors (Lipinski definition) is 2. The molecule has 2 aliphatic rings. The highest BCUT2D eigenvalue weighted by Crippen LogP contribution is 2.37. The Balaban J connectivity index is 1.59. The minimum atomic E-state index is -0.926. The maximum absolute atomic E-state index is 14.4. The van der Waals surface area contributed by atoms with E-state index in [1.165, 1.54) is 11.1 Å². The van der Waals surface area contributed by atoms with Crippen molar-refractivity contribution in [2.24, 2.45) is 18.9 Å². The molecule has 2 heterocycles. The van der Waals surface area contributed by atoms with Gasteiger partial charge in [-0.1, -0.05) is 57.0 Å². The van der Waals surface area contributed by atoms with Crippen LogP contribution in [0.3, 0.4) is 0 Å². The van der Waals surface area contributed by atoms with Crippen molar-refractivity contribution in [1.29, 1.82) is 0 Å². The van der Waals surface area contributed by atoms with Crippen LogP contribution < -0.4 is 10.6 Å². The predicted octanol–water partition coefficient (Wildman–Crippen LogP) is 2.91. The van der Waals surface area contributed by atoms with Crippen LogP contribution in [-0.2, 0) is 34.3 Å². The van der Waals surface area contributed by atoms with Gasteiger partial charge >= 0.3 is 0 Å². The van der Waals surface area contributed by atoms with Gasteiger partial charge in [-0.2, -0.15) is 5.10 Å². The normalized spacial score (nSPS) is 20.8. The molecule has 1 aliphatic heterocycles. The Hall–Kier alpha value is -3.68. The summed E-state index contributed by atoms with van der Waals surface area (Å²) in [4.78, 5) is 43.2. The number of nitrogens with one attached hydrogen (secondary N) is 2. The molecule has 37 heavy (non-hydrogen) atoms. The smallest absolute Gasteiger partial charge is 0.247 e. The first-order valence-electron chi connectivity index (χ1n) is 13.2.